The SMILES string of the molecule is CCC[CH2][Sn]([CH2]CCC)([CH2]CCC)/[C](C)=C/C=C/C=C(C)/C=C/C(O)CCC. The molecule has 1 unspecified atom stereocenters. The first-order chi connectivity index (χ1) is 13.5. The molecule has 0 aliphatic heterocycles. The van der Waals surface area contributed by atoms with E-state index in [1.165, 1.54) is 57.4 Å². The van der Waals surface area contributed by atoms with E-state index < -0.39 is 18.4 Å². The van der Waals surface area contributed by atoms with Crippen LogP contribution in [-0.4, -0.2) is 29.6 Å². The predicted octanol–water partition coefficient (Wildman–Crippen LogP) is 8.54. The van der Waals surface area contributed by atoms with Gasteiger partial charge in [-0.05, 0) is 0 Å². The third kappa shape index (κ3) is 12.3. The summed E-state index contributed by atoms with van der Waals surface area (Å²) in [5.41, 5.74) is 1.19. The molecule has 0 fully saturated rings. The summed E-state index contributed by atoms with van der Waals surface area (Å²) in [6, 6.07) is 0. The average molecular weight is 495 g/mol. The van der Waals surface area contributed by atoms with Crippen LogP contribution in [0.15, 0.2) is 45.6 Å². The summed E-state index contributed by atoms with van der Waals surface area (Å²) in [5.74, 6) is 0. The third-order valence-electron chi connectivity index (χ3n) is 5.85. The fraction of sp³-hybridized carbons (Fsp3) is 0.692. The molecular formula is C26H48OSn. The second-order valence-corrected chi connectivity index (χ2v) is 22.3. The van der Waals surface area contributed by atoms with Crippen LogP contribution >= 0.6 is 0 Å². The van der Waals surface area contributed by atoms with Gasteiger partial charge >= 0.3 is 181 Å². The predicted molar refractivity (Wildman–Crippen MR) is 132 cm³/mol. The van der Waals surface area contributed by atoms with Gasteiger partial charge in [0.25, 0.3) is 0 Å². The molecule has 0 saturated carbocycles. The van der Waals surface area contributed by atoms with Gasteiger partial charge < -0.3 is 0 Å². The van der Waals surface area contributed by atoms with E-state index >= 15 is 0 Å². The van der Waals surface area contributed by atoms with Gasteiger partial charge in [-0.25, -0.2) is 0 Å². The van der Waals surface area contributed by atoms with Crippen LogP contribution in [0.2, 0.25) is 13.3 Å². The van der Waals surface area contributed by atoms with Gasteiger partial charge in [0.2, 0.25) is 0 Å². The van der Waals surface area contributed by atoms with Gasteiger partial charge in [0.15, 0.2) is 0 Å². The number of hydrogen-bond donors (Lipinski definition) is 1. The number of hydrogen-bond acceptors (Lipinski definition) is 1. The van der Waals surface area contributed by atoms with Gasteiger partial charge in [-0.15, -0.1) is 0 Å². The maximum atomic E-state index is 9.81. The van der Waals surface area contributed by atoms with E-state index in [9.17, 15) is 5.11 Å². The summed E-state index contributed by atoms with van der Waals surface area (Å²) in [4.78, 5) is 0. The van der Waals surface area contributed by atoms with Gasteiger partial charge in [-0.2, -0.15) is 0 Å². The molecule has 0 aliphatic carbocycles. The number of allylic oxidation sites excluding steroid dienone is 7. The van der Waals surface area contributed by atoms with E-state index in [-0.39, 0.29) is 6.10 Å². The normalized spacial score (nSPS) is 15.1. The first kappa shape index (κ1) is 27.7. The van der Waals surface area contributed by atoms with Crippen molar-refractivity contribution >= 4 is 18.4 Å². The Bertz CT molecular complexity index is 477. The van der Waals surface area contributed by atoms with Crippen LogP contribution in [0.1, 0.15) is 92.9 Å². The van der Waals surface area contributed by atoms with Gasteiger partial charge in [-0.3, -0.25) is 0 Å². The van der Waals surface area contributed by atoms with Crippen molar-refractivity contribution in [1.29, 1.82) is 0 Å². The quantitative estimate of drug-likeness (QED) is 0.168. The fourth-order valence-electron chi connectivity index (χ4n) is 3.81. The molecule has 0 aromatic rings. The molecule has 0 radical (unpaired) electrons. The van der Waals surface area contributed by atoms with Crippen LogP contribution in [0.5, 0.6) is 0 Å². The van der Waals surface area contributed by atoms with E-state index in [1.807, 2.05) is 12.2 Å². The molecule has 0 aliphatic rings. The van der Waals surface area contributed by atoms with E-state index in [4.69, 9.17) is 0 Å². The minimum atomic E-state index is -2.22. The van der Waals surface area contributed by atoms with Crippen molar-refractivity contribution in [1.82, 2.24) is 0 Å². The van der Waals surface area contributed by atoms with E-state index in [2.05, 4.69) is 65.8 Å². The molecule has 1 atom stereocenters. The molecule has 0 spiro atoms. The van der Waals surface area contributed by atoms with Crippen LogP contribution < -0.4 is 0 Å². The Morgan fingerprint density at radius 2 is 1.29 bits per heavy atom. The van der Waals surface area contributed by atoms with Gasteiger partial charge in [0, 0.05) is 0 Å². The van der Waals surface area contributed by atoms with Crippen LogP contribution in [0, 0.1) is 0 Å². The first-order valence-corrected chi connectivity index (χ1v) is 19.3. The Morgan fingerprint density at radius 1 is 0.786 bits per heavy atom. The fourth-order valence-corrected chi connectivity index (χ4v) is 19.4. The molecule has 0 aromatic heterocycles. The molecule has 162 valence electrons. The first-order valence-electron chi connectivity index (χ1n) is 11.8. The number of rotatable bonds is 16. The van der Waals surface area contributed by atoms with Crippen LogP contribution in [-0.2, 0) is 0 Å². The second-order valence-electron chi connectivity index (χ2n) is 8.45. The van der Waals surface area contributed by atoms with E-state index in [1.54, 1.807) is 3.59 Å². The van der Waals surface area contributed by atoms with Crippen molar-refractivity contribution in [3.63, 3.8) is 0 Å². The van der Waals surface area contributed by atoms with Crippen molar-refractivity contribution in [2.75, 3.05) is 0 Å². The molecule has 0 aromatic carbocycles. The van der Waals surface area contributed by atoms with Gasteiger partial charge in [0.05, 0.1) is 0 Å². The van der Waals surface area contributed by atoms with Crippen LogP contribution in [0.3, 0.4) is 0 Å². The van der Waals surface area contributed by atoms with E-state index in [0.717, 1.165) is 12.8 Å². The number of unbranched alkanes of at least 4 members (excludes halogenated alkanes) is 3. The topological polar surface area (TPSA) is 20.2 Å². The van der Waals surface area contributed by atoms with Crippen molar-refractivity contribution < 1.29 is 5.11 Å². The maximum absolute atomic E-state index is 9.81. The zero-order chi connectivity index (χ0) is 21.3. The standard InChI is InChI=1S/C14H21O.3C4H9.Sn/c1-4-6-7-8-10-13(3)11-12-14(15)9-5-2;3*1-3-4-2;/h6-8,10-12,14-15H,5,9H2,1-3H3;3*1,3-4H2,2H3;/b6-4?,8-7+,12-11+,13-10+;;;;. The Hall–Kier alpha value is -0.281. The summed E-state index contributed by atoms with van der Waals surface area (Å²) in [6.45, 7) is 13.7. The summed E-state index contributed by atoms with van der Waals surface area (Å²) in [6.07, 6.45) is 22.8. The summed E-state index contributed by atoms with van der Waals surface area (Å²) >= 11 is -2.22. The second kappa shape index (κ2) is 17.6. The summed E-state index contributed by atoms with van der Waals surface area (Å²) < 4.78 is 6.37. The Balaban J connectivity index is 5.21. The molecular weight excluding hydrogens is 447 g/mol. The minimum absolute atomic E-state index is 0.315. The van der Waals surface area contributed by atoms with Crippen LogP contribution in [0.25, 0.3) is 0 Å². The molecule has 0 heterocycles. The summed E-state index contributed by atoms with van der Waals surface area (Å²) in [7, 11) is 0. The van der Waals surface area contributed by atoms with Gasteiger partial charge in [0.1, 0.15) is 0 Å². The van der Waals surface area contributed by atoms with Crippen molar-refractivity contribution in [2.45, 2.75) is 112 Å². The van der Waals surface area contributed by atoms with Crippen molar-refractivity contribution in [2.24, 2.45) is 0 Å². The average Bonchev–Trinajstić information content (AvgIpc) is 2.69. The Labute approximate surface area is 181 Å². The monoisotopic (exact) mass is 496 g/mol. The van der Waals surface area contributed by atoms with Gasteiger partial charge in [-0.1, -0.05) is 0 Å². The van der Waals surface area contributed by atoms with Crippen LogP contribution in [0.4, 0.5) is 0 Å². The molecule has 0 bridgehead atoms. The molecule has 1 nitrogen and oxygen atoms in total. The zero-order valence-electron chi connectivity index (χ0n) is 19.8. The molecule has 2 heteroatoms. The molecule has 28 heavy (non-hydrogen) atoms. The zero-order valence-corrected chi connectivity index (χ0v) is 22.6. The number of aliphatic hydroxyl groups excluding tert-OH is 1. The molecule has 0 saturated heterocycles. The van der Waals surface area contributed by atoms with Crippen molar-refractivity contribution in [3.8, 4) is 0 Å². The molecule has 0 rings (SSSR count). The molecule has 0 amide bonds. The Morgan fingerprint density at radius 3 is 1.75 bits per heavy atom. The summed E-state index contributed by atoms with van der Waals surface area (Å²) in [5, 5.41) is 9.81. The van der Waals surface area contributed by atoms with E-state index in [0.29, 0.717) is 0 Å². The molecule has 1 N–H and O–H groups in total. The number of aliphatic hydroxyl groups is 1. The van der Waals surface area contributed by atoms with Crippen molar-refractivity contribution in [3.05, 3.63) is 45.6 Å². The third-order valence-corrected chi connectivity index (χ3v) is 22.3. The Kier molecular flexibility index (Phi) is 17.4.